The zero-order chi connectivity index (χ0) is 22.1. The molecule has 0 bridgehead atoms. The number of rotatable bonds is 4. The molecule has 5 heteroatoms. The van der Waals surface area contributed by atoms with Crippen LogP contribution in [0.1, 0.15) is 29.2 Å². The summed E-state index contributed by atoms with van der Waals surface area (Å²) in [7, 11) is 1.66. The van der Waals surface area contributed by atoms with Gasteiger partial charge >= 0.3 is 0 Å². The van der Waals surface area contributed by atoms with Gasteiger partial charge in [-0.15, -0.1) is 0 Å². The maximum absolute atomic E-state index is 13.0. The molecule has 0 N–H and O–H groups in total. The molecule has 0 saturated carbocycles. The molecule has 0 atom stereocenters. The number of furan rings is 1. The van der Waals surface area contributed by atoms with E-state index in [1.54, 1.807) is 19.4 Å². The fraction of sp³-hybridized carbons (Fsp3) is 0.346. The maximum atomic E-state index is 13.0. The van der Waals surface area contributed by atoms with E-state index in [1.807, 2.05) is 25.7 Å². The van der Waals surface area contributed by atoms with E-state index in [1.165, 1.54) is 11.3 Å². The van der Waals surface area contributed by atoms with Crippen molar-refractivity contribution in [1.29, 1.82) is 0 Å². The predicted molar refractivity (Wildman–Crippen MR) is 126 cm³/mol. The highest BCUT2D eigenvalue weighted by atomic mass is 16.5. The third-order valence-corrected chi connectivity index (χ3v) is 6.16. The van der Waals surface area contributed by atoms with Gasteiger partial charge in [-0.3, -0.25) is 4.79 Å². The van der Waals surface area contributed by atoms with Crippen LogP contribution in [0.3, 0.4) is 0 Å². The third kappa shape index (κ3) is 4.05. The van der Waals surface area contributed by atoms with Gasteiger partial charge in [0.2, 0.25) is 5.91 Å². The van der Waals surface area contributed by atoms with Crippen molar-refractivity contribution in [3.8, 4) is 5.75 Å². The zero-order valence-electron chi connectivity index (χ0n) is 19.0. The number of hydrogen-bond acceptors (Lipinski definition) is 4. The van der Waals surface area contributed by atoms with Crippen LogP contribution in [0.2, 0.25) is 0 Å². The fourth-order valence-electron chi connectivity index (χ4n) is 4.36. The summed E-state index contributed by atoms with van der Waals surface area (Å²) in [5, 5.41) is 1.06. The van der Waals surface area contributed by atoms with Crippen LogP contribution in [0.5, 0.6) is 5.75 Å². The summed E-state index contributed by atoms with van der Waals surface area (Å²) in [6, 6.07) is 10.6. The van der Waals surface area contributed by atoms with Gasteiger partial charge in [0.15, 0.2) is 0 Å². The number of ether oxygens (including phenoxy) is 1. The summed E-state index contributed by atoms with van der Waals surface area (Å²) in [5.74, 6) is 0.803. The molecule has 1 saturated heterocycles. The highest BCUT2D eigenvalue weighted by molar-refractivity contribution is 5.98. The molecule has 4 rings (SSSR count). The molecule has 162 valence electrons. The van der Waals surface area contributed by atoms with Crippen LogP contribution in [-0.4, -0.2) is 44.1 Å². The van der Waals surface area contributed by atoms with E-state index in [9.17, 15) is 4.79 Å². The Bertz CT molecular complexity index is 1150. The predicted octanol–water partition coefficient (Wildman–Crippen LogP) is 5.12. The number of allylic oxidation sites excluding steroid dienone is 1. The first-order valence-corrected chi connectivity index (χ1v) is 10.7. The zero-order valence-corrected chi connectivity index (χ0v) is 19.0. The van der Waals surface area contributed by atoms with Gasteiger partial charge in [-0.05, 0) is 62.6 Å². The minimum Gasteiger partial charge on any atom is -0.496 e. The summed E-state index contributed by atoms with van der Waals surface area (Å²) in [5.41, 5.74) is 7.18. The standard InChI is InChI=1S/C26H30N2O3/c1-17-7-6-8-21(13-17)27-9-11-28(12-10-27)24(29)14-18(2)22-15-23-19(3)16-31-26(23)20(4)25(22)30-5/h6-8,13-16H,9-12H2,1-5H3/b18-14+. The van der Waals surface area contributed by atoms with Crippen molar-refractivity contribution in [2.45, 2.75) is 27.7 Å². The van der Waals surface area contributed by atoms with Crippen molar-refractivity contribution in [3.63, 3.8) is 0 Å². The lowest BCUT2D eigenvalue weighted by Crippen LogP contribution is -2.48. The molecule has 1 aromatic heterocycles. The quantitative estimate of drug-likeness (QED) is 0.552. The Kier molecular flexibility index (Phi) is 5.77. The number of carbonyl (C=O) groups excluding carboxylic acids is 1. The first kappa shape index (κ1) is 21.0. The second-order valence-electron chi connectivity index (χ2n) is 8.36. The van der Waals surface area contributed by atoms with Crippen LogP contribution in [-0.2, 0) is 4.79 Å². The van der Waals surface area contributed by atoms with Gasteiger partial charge in [0.05, 0.1) is 13.4 Å². The molecule has 1 amide bonds. The Morgan fingerprint density at radius 3 is 2.52 bits per heavy atom. The molecule has 2 aromatic carbocycles. The van der Waals surface area contributed by atoms with Crippen LogP contribution < -0.4 is 9.64 Å². The van der Waals surface area contributed by atoms with Gasteiger partial charge < -0.3 is 19.0 Å². The van der Waals surface area contributed by atoms with Crippen molar-refractivity contribution >= 4 is 28.1 Å². The number of benzene rings is 2. The monoisotopic (exact) mass is 418 g/mol. The molecule has 0 radical (unpaired) electrons. The number of fused-ring (bicyclic) bond motifs is 1. The number of piperazine rings is 1. The molecule has 1 aliphatic rings. The number of hydrogen-bond donors (Lipinski definition) is 0. The van der Waals surface area contributed by atoms with Gasteiger partial charge in [-0.2, -0.15) is 0 Å². The van der Waals surface area contributed by atoms with Crippen molar-refractivity contribution in [1.82, 2.24) is 4.90 Å². The molecule has 0 unspecified atom stereocenters. The normalized spacial score (nSPS) is 14.9. The summed E-state index contributed by atoms with van der Waals surface area (Å²) >= 11 is 0. The van der Waals surface area contributed by atoms with E-state index in [0.29, 0.717) is 13.1 Å². The Morgan fingerprint density at radius 2 is 1.84 bits per heavy atom. The van der Waals surface area contributed by atoms with Gasteiger partial charge in [-0.25, -0.2) is 0 Å². The van der Waals surface area contributed by atoms with Crippen molar-refractivity contribution < 1.29 is 13.9 Å². The van der Waals surface area contributed by atoms with Crippen LogP contribution in [0, 0.1) is 20.8 Å². The molecule has 0 spiro atoms. The SMILES string of the molecule is COc1c(/C(C)=C/C(=O)N2CCN(c3cccc(C)c3)CC2)cc2c(C)coc2c1C. The Morgan fingerprint density at radius 1 is 1.10 bits per heavy atom. The molecular weight excluding hydrogens is 388 g/mol. The second-order valence-corrected chi connectivity index (χ2v) is 8.36. The highest BCUT2D eigenvalue weighted by Crippen LogP contribution is 2.37. The summed E-state index contributed by atoms with van der Waals surface area (Å²) < 4.78 is 11.4. The summed E-state index contributed by atoms with van der Waals surface area (Å²) in [6.07, 6.45) is 3.50. The fourth-order valence-corrected chi connectivity index (χ4v) is 4.36. The van der Waals surface area contributed by atoms with Crippen molar-refractivity contribution in [3.05, 3.63) is 64.9 Å². The Balaban J connectivity index is 1.53. The number of amides is 1. The lowest BCUT2D eigenvalue weighted by atomic mass is 9.98. The van der Waals surface area contributed by atoms with E-state index in [0.717, 1.165) is 52.1 Å². The van der Waals surface area contributed by atoms with E-state index in [4.69, 9.17) is 9.15 Å². The van der Waals surface area contributed by atoms with E-state index < -0.39 is 0 Å². The topological polar surface area (TPSA) is 45.9 Å². The van der Waals surface area contributed by atoms with Gasteiger partial charge in [0.25, 0.3) is 0 Å². The smallest absolute Gasteiger partial charge is 0.246 e. The minimum atomic E-state index is 0.0464. The molecular formula is C26H30N2O3. The van der Waals surface area contributed by atoms with E-state index in [-0.39, 0.29) is 5.91 Å². The summed E-state index contributed by atoms with van der Waals surface area (Å²) in [6.45, 7) is 11.2. The Hall–Kier alpha value is -3.21. The number of carbonyl (C=O) groups is 1. The first-order chi connectivity index (χ1) is 14.9. The second kappa shape index (κ2) is 8.50. The number of methoxy groups -OCH3 is 1. The average molecular weight is 419 g/mol. The summed E-state index contributed by atoms with van der Waals surface area (Å²) in [4.78, 5) is 17.3. The van der Waals surface area contributed by atoms with Crippen LogP contribution >= 0.6 is 0 Å². The van der Waals surface area contributed by atoms with Gasteiger partial charge in [0, 0.05) is 54.5 Å². The number of aryl methyl sites for hydroxylation is 3. The van der Waals surface area contributed by atoms with E-state index >= 15 is 0 Å². The van der Waals surface area contributed by atoms with Crippen LogP contribution in [0.15, 0.2) is 47.1 Å². The van der Waals surface area contributed by atoms with Crippen LogP contribution in [0.25, 0.3) is 16.5 Å². The minimum absolute atomic E-state index is 0.0464. The van der Waals surface area contributed by atoms with Gasteiger partial charge in [-0.1, -0.05) is 12.1 Å². The number of anilines is 1. The maximum Gasteiger partial charge on any atom is 0.246 e. The number of nitrogens with zero attached hydrogens (tertiary/aromatic N) is 2. The average Bonchev–Trinajstić information content (AvgIpc) is 3.14. The van der Waals surface area contributed by atoms with E-state index in [2.05, 4.69) is 42.2 Å². The first-order valence-electron chi connectivity index (χ1n) is 10.7. The van der Waals surface area contributed by atoms with Crippen molar-refractivity contribution in [2.75, 3.05) is 38.2 Å². The van der Waals surface area contributed by atoms with Gasteiger partial charge in [0.1, 0.15) is 11.3 Å². The Labute approximate surface area is 183 Å². The lowest BCUT2D eigenvalue weighted by Gasteiger charge is -2.36. The van der Waals surface area contributed by atoms with Crippen molar-refractivity contribution in [2.24, 2.45) is 0 Å². The molecule has 5 nitrogen and oxygen atoms in total. The molecule has 1 fully saturated rings. The lowest BCUT2D eigenvalue weighted by molar-refractivity contribution is -0.126. The molecule has 31 heavy (non-hydrogen) atoms. The molecule has 1 aliphatic heterocycles. The molecule has 2 heterocycles. The highest BCUT2D eigenvalue weighted by Gasteiger charge is 2.22. The van der Waals surface area contributed by atoms with Crippen LogP contribution in [0.4, 0.5) is 5.69 Å². The molecule has 3 aromatic rings. The largest absolute Gasteiger partial charge is 0.496 e. The third-order valence-electron chi connectivity index (χ3n) is 6.16. The molecule has 0 aliphatic carbocycles.